The number of rotatable bonds is 8. The summed E-state index contributed by atoms with van der Waals surface area (Å²) < 4.78 is 37.4. The molecule has 0 aromatic heterocycles. The number of amides is 1. The highest BCUT2D eigenvalue weighted by Gasteiger charge is 2.10. The van der Waals surface area contributed by atoms with Gasteiger partial charge in [0.15, 0.2) is 0 Å². The van der Waals surface area contributed by atoms with Crippen LogP contribution in [0.2, 0.25) is 0 Å². The van der Waals surface area contributed by atoms with Gasteiger partial charge in [-0.25, -0.2) is 8.78 Å². The van der Waals surface area contributed by atoms with E-state index in [0.717, 1.165) is 6.07 Å². The molecule has 5 nitrogen and oxygen atoms in total. The van der Waals surface area contributed by atoms with Crippen molar-refractivity contribution in [2.45, 2.75) is 13.8 Å². The van der Waals surface area contributed by atoms with Crippen molar-refractivity contribution in [1.29, 1.82) is 0 Å². The second-order valence-electron chi connectivity index (χ2n) is 5.05. The number of benzene rings is 2. The van der Waals surface area contributed by atoms with E-state index in [1.54, 1.807) is 18.2 Å². The van der Waals surface area contributed by atoms with Crippen LogP contribution in [0, 0.1) is 11.6 Å². The summed E-state index contributed by atoms with van der Waals surface area (Å²) in [5, 5.41) is 5.32. The molecule has 0 unspecified atom stereocenters. The molecule has 0 saturated heterocycles. The van der Waals surface area contributed by atoms with Gasteiger partial charge in [-0.2, -0.15) is 0 Å². The molecule has 0 fully saturated rings. The van der Waals surface area contributed by atoms with Gasteiger partial charge in [0.25, 0.3) is 0 Å². The van der Waals surface area contributed by atoms with Crippen LogP contribution in [0.5, 0.6) is 11.5 Å². The molecule has 134 valence electrons. The third-order valence-electron chi connectivity index (χ3n) is 3.21. The minimum atomic E-state index is -0.832. The van der Waals surface area contributed by atoms with Crippen molar-refractivity contribution < 1.29 is 23.0 Å². The van der Waals surface area contributed by atoms with Crippen molar-refractivity contribution in [2.75, 3.05) is 30.4 Å². The van der Waals surface area contributed by atoms with E-state index in [0.29, 0.717) is 36.5 Å². The Kier molecular flexibility index (Phi) is 6.56. The summed E-state index contributed by atoms with van der Waals surface area (Å²) >= 11 is 0. The lowest BCUT2D eigenvalue weighted by Gasteiger charge is -2.14. The molecular weight excluding hydrogens is 330 g/mol. The van der Waals surface area contributed by atoms with E-state index in [9.17, 15) is 13.6 Å². The van der Waals surface area contributed by atoms with E-state index >= 15 is 0 Å². The Morgan fingerprint density at radius 3 is 2.44 bits per heavy atom. The van der Waals surface area contributed by atoms with Gasteiger partial charge >= 0.3 is 0 Å². The van der Waals surface area contributed by atoms with E-state index < -0.39 is 17.5 Å². The summed E-state index contributed by atoms with van der Waals surface area (Å²) in [4.78, 5) is 12.0. The Morgan fingerprint density at radius 2 is 1.76 bits per heavy atom. The third kappa shape index (κ3) is 5.34. The zero-order valence-corrected chi connectivity index (χ0v) is 14.1. The van der Waals surface area contributed by atoms with Crippen LogP contribution in [0.1, 0.15) is 13.8 Å². The average Bonchev–Trinajstić information content (AvgIpc) is 2.58. The fourth-order valence-electron chi connectivity index (χ4n) is 2.15. The predicted molar refractivity (Wildman–Crippen MR) is 92.3 cm³/mol. The molecule has 2 N–H and O–H groups in total. The molecule has 0 bridgehead atoms. The summed E-state index contributed by atoms with van der Waals surface area (Å²) in [6, 6.07) is 8.19. The number of carbonyl (C=O) groups excluding carboxylic acids is 1. The summed E-state index contributed by atoms with van der Waals surface area (Å²) in [6.07, 6.45) is 0. The van der Waals surface area contributed by atoms with Crippen molar-refractivity contribution >= 4 is 17.3 Å². The van der Waals surface area contributed by atoms with Crippen LogP contribution in [-0.2, 0) is 4.79 Å². The number of halogens is 2. The first-order chi connectivity index (χ1) is 12.0. The van der Waals surface area contributed by atoms with Crippen molar-refractivity contribution in [3.63, 3.8) is 0 Å². The normalized spacial score (nSPS) is 10.2. The van der Waals surface area contributed by atoms with Crippen LogP contribution in [0.15, 0.2) is 36.4 Å². The summed E-state index contributed by atoms with van der Waals surface area (Å²) in [7, 11) is 0. The molecule has 2 rings (SSSR count). The van der Waals surface area contributed by atoms with Crippen LogP contribution in [0.4, 0.5) is 20.2 Å². The summed E-state index contributed by atoms with van der Waals surface area (Å²) in [6.45, 7) is 4.58. The van der Waals surface area contributed by atoms with Crippen LogP contribution >= 0.6 is 0 Å². The van der Waals surface area contributed by atoms with Crippen molar-refractivity contribution in [3.8, 4) is 11.5 Å². The number of hydrogen-bond acceptors (Lipinski definition) is 4. The van der Waals surface area contributed by atoms with Gasteiger partial charge in [0, 0.05) is 12.1 Å². The molecule has 2 aromatic carbocycles. The molecule has 7 heteroatoms. The standard InChI is InChI=1S/C18H20F2N2O3/c1-3-24-13-6-8-17(25-4-2)16(10-13)21-11-18(23)22-15-7-5-12(19)9-14(15)20/h5-10,21H,3-4,11H2,1-2H3,(H,22,23). The van der Waals surface area contributed by atoms with Gasteiger partial charge in [0.05, 0.1) is 31.1 Å². The third-order valence-corrected chi connectivity index (χ3v) is 3.21. The molecule has 0 heterocycles. The Balaban J connectivity index is 2.03. The van der Waals surface area contributed by atoms with Gasteiger partial charge in [0.2, 0.25) is 5.91 Å². The molecule has 0 saturated carbocycles. The molecule has 0 aliphatic carbocycles. The van der Waals surface area contributed by atoms with Crippen molar-refractivity contribution in [3.05, 3.63) is 48.0 Å². The van der Waals surface area contributed by atoms with Gasteiger partial charge in [-0.05, 0) is 38.1 Å². The predicted octanol–water partition coefficient (Wildman–Crippen LogP) is 3.81. The van der Waals surface area contributed by atoms with Crippen molar-refractivity contribution in [2.24, 2.45) is 0 Å². The average molecular weight is 350 g/mol. The molecule has 0 spiro atoms. The molecule has 0 radical (unpaired) electrons. The number of ether oxygens (including phenoxy) is 2. The lowest BCUT2D eigenvalue weighted by atomic mass is 10.2. The maximum Gasteiger partial charge on any atom is 0.243 e. The van der Waals surface area contributed by atoms with E-state index in [1.165, 1.54) is 6.07 Å². The minimum Gasteiger partial charge on any atom is -0.494 e. The molecule has 0 aliphatic rings. The number of nitrogens with one attached hydrogen (secondary N) is 2. The second-order valence-corrected chi connectivity index (χ2v) is 5.05. The first-order valence-electron chi connectivity index (χ1n) is 7.92. The topological polar surface area (TPSA) is 59.6 Å². The smallest absolute Gasteiger partial charge is 0.243 e. The number of anilines is 2. The quantitative estimate of drug-likeness (QED) is 0.760. The van der Waals surface area contributed by atoms with Crippen molar-refractivity contribution in [1.82, 2.24) is 0 Å². The monoisotopic (exact) mass is 350 g/mol. The van der Waals surface area contributed by atoms with Crippen LogP contribution < -0.4 is 20.1 Å². The number of carbonyl (C=O) groups is 1. The molecule has 0 atom stereocenters. The molecule has 2 aromatic rings. The van der Waals surface area contributed by atoms with Gasteiger partial charge in [-0.3, -0.25) is 4.79 Å². The van der Waals surface area contributed by atoms with Crippen LogP contribution in [-0.4, -0.2) is 25.7 Å². The van der Waals surface area contributed by atoms with Gasteiger partial charge in [0.1, 0.15) is 23.1 Å². The Hall–Kier alpha value is -2.83. The van der Waals surface area contributed by atoms with E-state index in [-0.39, 0.29) is 12.2 Å². The fourth-order valence-corrected chi connectivity index (χ4v) is 2.15. The van der Waals surface area contributed by atoms with E-state index in [4.69, 9.17) is 9.47 Å². The van der Waals surface area contributed by atoms with Crippen LogP contribution in [0.3, 0.4) is 0 Å². The first-order valence-corrected chi connectivity index (χ1v) is 7.92. The second kappa shape index (κ2) is 8.86. The van der Waals surface area contributed by atoms with Gasteiger partial charge in [-0.1, -0.05) is 0 Å². The van der Waals surface area contributed by atoms with Gasteiger partial charge < -0.3 is 20.1 Å². The SMILES string of the molecule is CCOc1ccc(OCC)c(NCC(=O)Nc2ccc(F)cc2F)c1. The summed E-state index contributed by atoms with van der Waals surface area (Å²) in [5.41, 5.74) is 0.504. The van der Waals surface area contributed by atoms with Gasteiger partial charge in [-0.15, -0.1) is 0 Å². The largest absolute Gasteiger partial charge is 0.494 e. The van der Waals surface area contributed by atoms with E-state index in [2.05, 4.69) is 10.6 Å². The molecule has 1 amide bonds. The Morgan fingerprint density at radius 1 is 1.00 bits per heavy atom. The highest BCUT2D eigenvalue weighted by atomic mass is 19.1. The highest BCUT2D eigenvalue weighted by molar-refractivity contribution is 5.94. The first kappa shape index (κ1) is 18.5. The maximum atomic E-state index is 13.6. The zero-order chi connectivity index (χ0) is 18.2. The van der Waals surface area contributed by atoms with Crippen LogP contribution in [0.25, 0.3) is 0 Å². The molecule has 0 aliphatic heterocycles. The highest BCUT2D eigenvalue weighted by Crippen LogP contribution is 2.29. The Bertz CT molecular complexity index is 738. The number of hydrogen-bond donors (Lipinski definition) is 2. The maximum absolute atomic E-state index is 13.6. The lowest BCUT2D eigenvalue weighted by molar-refractivity contribution is -0.114. The molecule has 25 heavy (non-hydrogen) atoms. The lowest BCUT2D eigenvalue weighted by Crippen LogP contribution is -2.22. The molecular formula is C18H20F2N2O3. The van der Waals surface area contributed by atoms with E-state index in [1.807, 2.05) is 13.8 Å². The Labute approximate surface area is 144 Å². The minimum absolute atomic E-state index is 0.0821. The zero-order valence-electron chi connectivity index (χ0n) is 14.1. The summed E-state index contributed by atoms with van der Waals surface area (Å²) in [5.74, 6) is -0.802. The fraction of sp³-hybridized carbons (Fsp3) is 0.278.